The minimum absolute atomic E-state index is 0.419. The van der Waals surface area contributed by atoms with E-state index in [0.29, 0.717) is 10.6 Å². The van der Waals surface area contributed by atoms with Crippen molar-refractivity contribution >= 4 is 17.2 Å². The van der Waals surface area contributed by atoms with E-state index in [-0.39, 0.29) is 0 Å². The first-order valence-corrected chi connectivity index (χ1v) is 5.89. The van der Waals surface area contributed by atoms with Gasteiger partial charge in [0.25, 0.3) is 5.91 Å². The summed E-state index contributed by atoms with van der Waals surface area (Å²) in [7, 11) is 0. The topological polar surface area (TPSA) is 103 Å². The average Bonchev–Trinajstić information content (AvgIpc) is 2.65. The summed E-state index contributed by atoms with van der Waals surface area (Å²) in [5, 5.41) is 30.5. The van der Waals surface area contributed by atoms with Gasteiger partial charge in [-0.05, 0) is 13.8 Å². The highest BCUT2D eigenvalue weighted by molar-refractivity contribution is 7.13. The first-order chi connectivity index (χ1) is 7.98. The maximum Gasteiger partial charge on any atom is 0.263 e. The van der Waals surface area contributed by atoms with Crippen LogP contribution in [0.4, 0.5) is 0 Å². The van der Waals surface area contributed by atoms with Crippen LogP contribution in [0.3, 0.4) is 0 Å². The van der Waals surface area contributed by atoms with Crippen molar-refractivity contribution in [2.45, 2.75) is 19.4 Å². The Morgan fingerprint density at radius 3 is 2.18 bits per heavy atom. The van der Waals surface area contributed by atoms with Crippen molar-refractivity contribution in [3.05, 3.63) is 15.6 Å². The number of aromatic nitrogens is 1. The third-order valence-corrected chi connectivity index (χ3v) is 3.47. The summed E-state index contributed by atoms with van der Waals surface area (Å²) in [6.07, 6.45) is 0. The quantitative estimate of drug-likeness (QED) is 0.555. The molecule has 1 aromatic heterocycles. The van der Waals surface area contributed by atoms with Gasteiger partial charge in [-0.2, -0.15) is 0 Å². The van der Waals surface area contributed by atoms with Crippen molar-refractivity contribution in [3.8, 4) is 0 Å². The van der Waals surface area contributed by atoms with Crippen LogP contribution in [-0.2, 0) is 0 Å². The van der Waals surface area contributed by atoms with Crippen LogP contribution >= 0.6 is 11.3 Å². The number of aliphatic hydroxyl groups is 3. The van der Waals surface area contributed by atoms with Gasteiger partial charge in [0.1, 0.15) is 10.4 Å². The monoisotopic (exact) mass is 260 g/mol. The lowest BCUT2D eigenvalue weighted by Crippen LogP contribution is -2.57. The van der Waals surface area contributed by atoms with Crippen LogP contribution in [0.1, 0.15) is 20.4 Å². The number of hydrogen-bond donors (Lipinski definition) is 4. The summed E-state index contributed by atoms with van der Waals surface area (Å²) in [6, 6.07) is 0. The Balaban J connectivity index is 2.88. The van der Waals surface area contributed by atoms with Crippen LogP contribution in [0.5, 0.6) is 0 Å². The van der Waals surface area contributed by atoms with Crippen LogP contribution < -0.4 is 5.32 Å². The third-order valence-electron chi connectivity index (χ3n) is 2.40. The van der Waals surface area contributed by atoms with E-state index in [1.165, 1.54) is 11.3 Å². The maximum absolute atomic E-state index is 11.9. The molecule has 6 nitrogen and oxygen atoms in total. The van der Waals surface area contributed by atoms with Gasteiger partial charge in [-0.1, -0.05) is 0 Å². The summed E-state index contributed by atoms with van der Waals surface area (Å²) >= 11 is 1.23. The second-order valence-electron chi connectivity index (χ2n) is 3.86. The molecule has 17 heavy (non-hydrogen) atoms. The van der Waals surface area contributed by atoms with E-state index in [1.807, 2.05) is 0 Å². The highest BCUT2D eigenvalue weighted by Crippen LogP contribution is 2.18. The van der Waals surface area contributed by atoms with E-state index < -0.39 is 31.3 Å². The lowest BCUT2D eigenvalue weighted by Gasteiger charge is -2.28. The van der Waals surface area contributed by atoms with Gasteiger partial charge in [-0.25, -0.2) is 4.98 Å². The Morgan fingerprint density at radius 2 is 1.82 bits per heavy atom. The summed E-state index contributed by atoms with van der Waals surface area (Å²) in [6.45, 7) is 1.87. The van der Waals surface area contributed by atoms with Crippen LogP contribution in [0, 0.1) is 13.8 Å². The molecule has 0 spiro atoms. The second kappa shape index (κ2) is 5.54. The van der Waals surface area contributed by atoms with Gasteiger partial charge in [-0.15, -0.1) is 11.3 Å². The van der Waals surface area contributed by atoms with Crippen molar-refractivity contribution in [3.63, 3.8) is 0 Å². The fourth-order valence-corrected chi connectivity index (χ4v) is 2.12. The number of aliphatic hydroxyl groups excluding tert-OH is 3. The maximum atomic E-state index is 11.9. The molecule has 0 bridgehead atoms. The Hall–Kier alpha value is -1.02. The summed E-state index contributed by atoms with van der Waals surface area (Å²) in [5.41, 5.74) is -0.811. The SMILES string of the molecule is Cc1nc(C)c(C(=O)NC(CO)(CO)CO)s1. The number of hydrogen-bond acceptors (Lipinski definition) is 6. The van der Waals surface area contributed by atoms with Crippen molar-refractivity contribution in [1.29, 1.82) is 0 Å². The van der Waals surface area contributed by atoms with Crippen LogP contribution in [0.25, 0.3) is 0 Å². The third kappa shape index (κ3) is 3.01. The Kier molecular flexibility index (Phi) is 4.58. The minimum atomic E-state index is -1.40. The molecule has 1 aromatic rings. The van der Waals surface area contributed by atoms with E-state index in [9.17, 15) is 4.79 Å². The molecule has 1 heterocycles. The van der Waals surface area contributed by atoms with Gasteiger partial charge in [-0.3, -0.25) is 4.79 Å². The smallest absolute Gasteiger partial charge is 0.263 e. The highest BCUT2D eigenvalue weighted by atomic mass is 32.1. The molecule has 0 saturated carbocycles. The summed E-state index contributed by atoms with van der Waals surface area (Å²) in [5.74, 6) is -0.453. The number of aryl methyl sites for hydroxylation is 2. The first-order valence-electron chi connectivity index (χ1n) is 5.07. The fourth-order valence-electron chi connectivity index (χ4n) is 1.31. The van der Waals surface area contributed by atoms with E-state index >= 15 is 0 Å². The van der Waals surface area contributed by atoms with Crippen molar-refractivity contribution < 1.29 is 20.1 Å². The van der Waals surface area contributed by atoms with Gasteiger partial charge >= 0.3 is 0 Å². The van der Waals surface area contributed by atoms with Gasteiger partial charge in [0.15, 0.2) is 0 Å². The number of nitrogens with one attached hydrogen (secondary N) is 1. The fraction of sp³-hybridized carbons (Fsp3) is 0.600. The van der Waals surface area contributed by atoms with Gasteiger partial charge in [0.05, 0.1) is 30.5 Å². The number of nitrogens with zero attached hydrogens (tertiary/aromatic N) is 1. The first kappa shape index (κ1) is 14.0. The zero-order valence-electron chi connectivity index (χ0n) is 9.73. The van der Waals surface area contributed by atoms with Gasteiger partial charge < -0.3 is 20.6 Å². The number of carbonyl (C=O) groups is 1. The molecular weight excluding hydrogens is 244 g/mol. The molecule has 96 valence electrons. The van der Waals surface area contributed by atoms with Crippen molar-refractivity contribution in [1.82, 2.24) is 10.3 Å². The Bertz CT molecular complexity index is 393. The standard InChI is InChI=1S/C10H16N2O4S/c1-6-8(17-7(2)11-6)9(16)12-10(3-13,4-14)5-15/h13-15H,3-5H2,1-2H3,(H,12,16). The zero-order valence-corrected chi connectivity index (χ0v) is 10.5. The molecule has 0 atom stereocenters. The zero-order chi connectivity index (χ0) is 13.1. The van der Waals surface area contributed by atoms with E-state index in [0.717, 1.165) is 5.01 Å². The van der Waals surface area contributed by atoms with Crippen LogP contribution in [0.15, 0.2) is 0 Å². The molecular formula is C10H16N2O4S. The molecule has 0 aliphatic rings. The number of carbonyl (C=O) groups excluding carboxylic acids is 1. The Morgan fingerprint density at radius 1 is 1.29 bits per heavy atom. The molecule has 1 amide bonds. The molecule has 0 unspecified atom stereocenters. The predicted octanol–water partition coefficient (Wildman–Crippen LogP) is -0.795. The van der Waals surface area contributed by atoms with E-state index in [4.69, 9.17) is 15.3 Å². The number of amides is 1. The predicted molar refractivity (Wildman–Crippen MR) is 63.0 cm³/mol. The molecule has 0 aromatic carbocycles. The lowest BCUT2D eigenvalue weighted by atomic mass is 10.0. The lowest BCUT2D eigenvalue weighted by molar-refractivity contribution is 0.0377. The molecule has 0 radical (unpaired) electrons. The molecule has 1 rings (SSSR count). The van der Waals surface area contributed by atoms with Crippen LogP contribution in [-0.4, -0.2) is 51.6 Å². The normalized spacial score (nSPS) is 11.6. The number of rotatable bonds is 5. The molecule has 7 heteroatoms. The molecule has 0 saturated heterocycles. The van der Waals surface area contributed by atoms with Crippen LogP contribution in [0.2, 0.25) is 0 Å². The van der Waals surface area contributed by atoms with Gasteiger partial charge in [0.2, 0.25) is 0 Å². The van der Waals surface area contributed by atoms with Crippen molar-refractivity contribution in [2.75, 3.05) is 19.8 Å². The largest absolute Gasteiger partial charge is 0.394 e. The molecule has 0 aliphatic heterocycles. The number of thiazole rings is 1. The van der Waals surface area contributed by atoms with E-state index in [1.54, 1.807) is 13.8 Å². The summed E-state index contributed by atoms with van der Waals surface area (Å²) < 4.78 is 0. The van der Waals surface area contributed by atoms with Crippen molar-refractivity contribution in [2.24, 2.45) is 0 Å². The summed E-state index contributed by atoms with van der Waals surface area (Å²) in [4.78, 5) is 16.4. The molecule has 4 N–H and O–H groups in total. The minimum Gasteiger partial charge on any atom is -0.394 e. The van der Waals surface area contributed by atoms with E-state index in [2.05, 4.69) is 10.3 Å². The molecule has 0 fully saturated rings. The second-order valence-corrected chi connectivity index (χ2v) is 5.06. The molecule has 0 aliphatic carbocycles. The highest BCUT2D eigenvalue weighted by Gasteiger charge is 2.31. The van der Waals surface area contributed by atoms with Gasteiger partial charge in [0, 0.05) is 0 Å². The average molecular weight is 260 g/mol. The Labute approximate surface area is 103 Å².